The Hall–Kier alpha value is -0.340. The van der Waals surface area contributed by atoms with Crippen LogP contribution in [0.25, 0.3) is 0 Å². The zero-order valence-electron chi connectivity index (χ0n) is 10.9. The van der Waals surface area contributed by atoms with E-state index in [9.17, 15) is 5.11 Å². The maximum Gasteiger partial charge on any atom is 0.0462 e. The van der Waals surface area contributed by atoms with Crippen LogP contribution in [-0.2, 0) is 0 Å². The van der Waals surface area contributed by atoms with Gasteiger partial charge in [-0.15, -0.1) is 6.58 Å². The van der Waals surface area contributed by atoms with E-state index in [2.05, 4.69) is 20.4 Å². The maximum atomic E-state index is 9.25. The van der Waals surface area contributed by atoms with Gasteiger partial charge in [-0.2, -0.15) is 0 Å². The van der Waals surface area contributed by atoms with Crippen LogP contribution in [0.1, 0.15) is 52.4 Å². The fourth-order valence-corrected chi connectivity index (χ4v) is 2.23. The fraction of sp³-hybridized carbons (Fsp3) is 0.857. The van der Waals surface area contributed by atoms with E-state index in [1.165, 1.54) is 12.8 Å². The van der Waals surface area contributed by atoms with E-state index >= 15 is 0 Å². The van der Waals surface area contributed by atoms with E-state index in [0.717, 1.165) is 25.7 Å². The highest BCUT2D eigenvalue weighted by Crippen LogP contribution is 2.32. The molecule has 0 unspecified atom stereocenters. The van der Waals surface area contributed by atoms with Crippen molar-refractivity contribution in [2.24, 2.45) is 11.3 Å². The topological polar surface area (TPSA) is 40.5 Å². The third-order valence-electron chi connectivity index (χ3n) is 3.11. The molecule has 0 fully saturated rings. The lowest BCUT2D eigenvalue weighted by Crippen LogP contribution is -2.19. The van der Waals surface area contributed by atoms with Crippen molar-refractivity contribution < 1.29 is 10.2 Å². The molecule has 2 N–H and O–H groups in total. The Balaban J connectivity index is 3.86. The first-order chi connectivity index (χ1) is 7.55. The Morgan fingerprint density at radius 2 is 1.88 bits per heavy atom. The Kier molecular flexibility index (Phi) is 8.58. The van der Waals surface area contributed by atoms with Gasteiger partial charge in [-0.1, -0.05) is 32.8 Å². The van der Waals surface area contributed by atoms with Crippen LogP contribution >= 0.6 is 0 Å². The molecule has 0 aromatic heterocycles. The molecule has 0 aliphatic rings. The number of aliphatic hydroxyl groups is 2. The molecular formula is C14H28O2. The molecule has 0 saturated carbocycles. The highest BCUT2D eigenvalue weighted by molar-refractivity contribution is 4.79. The average Bonchev–Trinajstić information content (AvgIpc) is 2.23. The predicted octanol–water partition coefficient (Wildman–Crippen LogP) is 3.14. The molecule has 0 amide bonds. The van der Waals surface area contributed by atoms with Crippen LogP contribution in [-0.4, -0.2) is 23.4 Å². The molecule has 0 radical (unpaired) electrons. The number of hydrogen-bond acceptors (Lipinski definition) is 2. The molecule has 0 aromatic carbocycles. The maximum absolute atomic E-state index is 9.25. The molecular weight excluding hydrogens is 200 g/mol. The minimum absolute atomic E-state index is 0.256. The van der Waals surface area contributed by atoms with E-state index in [4.69, 9.17) is 5.11 Å². The molecule has 0 aliphatic carbocycles. The molecule has 0 spiro atoms. The Labute approximate surface area is 100 Å². The van der Waals surface area contributed by atoms with Crippen molar-refractivity contribution in [3.8, 4) is 0 Å². The molecule has 2 nitrogen and oxygen atoms in total. The SMILES string of the molecule is C=CC[C@@H](CO)CC(C)(C)CCCCCO. The summed E-state index contributed by atoms with van der Waals surface area (Å²) >= 11 is 0. The van der Waals surface area contributed by atoms with Crippen LogP contribution in [0.2, 0.25) is 0 Å². The third-order valence-corrected chi connectivity index (χ3v) is 3.11. The van der Waals surface area contributed by atoms with Gasteiger partial charge in [0.15, 0.2) is 0 Å². The second-order valence-electron chi connectivity index (χ2n) is 5.48. The average molecular weight is 228 g/mol. The second-order valence-corrected chi connectivity index (χ2v) is 5.48. The number of rotatable bonds is 10. The Bertz CT molecular complexity index is 176. The van der Waals surface area contributed by atoms with Gasteiger partial charge in [0.25, 0.3) is 0 Å². The van der Waals surface area contributed by atoms with Crippen molar-refractivity contribution in [1.82, 2.24) is 0 Å². The van der Waals surface area contributed by atoms with Gasteiger partial charge in [-0.05, 0) is 37.0 Å². The van der Waals surface area contributed by atoms with Gasteiger partial charge in [-0.3, -0.25) is 0 Å². The van der Waals surface area contributed by atoms with Gasteiger partial charge < -0.3 is 10.2 Å². The first kappa shape index (κ1) is 15.7. The van der Waals surface area contributed by atoms with Gasteiger partial charge in [0.1, 0.15) is 0 Å². The summed E-state index contributed by atoms with van der Waals surface area (Å²) in [7, 11) is 0. The van der Waals surface area contributed by atoms with Gasteiger partial charge in [-0.25, -0.2) is 0 Å². The lowest BCUT2D eigenvalue weighted by molar-refractivity contribution is 0.162. The van der Waals surface area contributed by atoms with Crippen molar-refractivity contribution >= 4 is 0 Å². The standard InChI is InChI=1S/C14H28O2/c1-4-8-13(12-16)11-14(2,3)9-6-5-7-10-15/h4,13,15-16H,1,5-12H2,2-3H3/t13-/m1/s1. The van der Waals surface area contributed by atoms with E-state index in [-0.39, 0.29) is 12.0 Å². The molecule has 0 bridgehead atoms. The molecule has 2 heteroatoms. The third kappa shape index (κ3) is 7.89. The van der Waals surface area contributed by atoms with Crippen molar-refractivity contribution in [2.45, 2.75) is 52.4 Å². The molecule has 1 atom stereocenters. The lowest BCUT2D eigenvalue weighted by atomic mass is 9.78. The van der Waals surface area contributed by atoms with Gasteiger partial charge >= 0.3 is 0 Å². The number of unbranched alkanes of at least 4 members (excludes halogenated alkanes) is 2. The van der Waals surface area contributed by atoms with Crippen LogP contribution in [0.15, 0.2) is 12.7 Å². The molecule has 16 heavy (non-hydrogen) atoms. The molecule has 0 aliphatic heterocycles. The molecule has 0 saturated heterocycles. The first-order valence-corrected chi connectivity index (χ1v) is 6.38. The molecule has 96 valence electrons. The smallest absolute Gasteiger partial charge is 0.0462 e. The summed E-state index contributed by atoms with van der Waals surface area (Å²) in [6.45, 7) is 8.81. The van der Waals surface area contributed by atoms with Crippen LogP contribution in [0.5, 0.6) is 0 Å². The van der Waals surface area contributed by atoms with Crippen LogP contribution in [0, 0.1) is 11.3 Å². The number of hydrogen-bond donors (Lipinski definition) is 2. The predicted molar refractivity (Wildman–Crippen MR) is 69.3 cm³/mol. The van der Waals surface area contributed by atoms with E-state index in [1.54, 1.807) is 0 Å². The summed E-state index contributed by atoms with van der Waals surface area (Å²) in [6, 6.07) is 0. The zero-order valence-corrected chi connectivity index (χ0v) is 10.9. The fourth-order valence-electron chi connectivity index (χ4n) is 2.23. The highest BCUT2D eigenvalue weighted by Gasteiger charge is 2.21. The summed E-state index contributed by atoms with van der Waals surface area (Å²) in [5.41, 5.74) is 0.284. The summed E-state index contributed by atoms with van der Waals surface area (Å²) in [6.07, 6.45) is 8.19. The minimum Gasteiger partial charge on any atom is -0.396 e. The Morgan fingerprint density at radius 3 is 2.38 bits per heavy atom. The summed E-state index contributed by atoms with van der Waals surface area (Å²) < 4.78 is 0. The van der Waals surface area contributed by atoms with Crippen molar-refractivity contribution in [3.05, 3.63) is 12.7 Å². The summed E-state index contributed by atoms with van der Waals surface area (Å²) in [5.74, 6) is 0.352. The van der Waals surface area contributed by atoms with Crippen molar-refractivity contribution in [2.75, 3.05) is 13.2 Å². The molecule has 0 rings (SSSR count). The highest BCUT2D eigenvalue weighted by atomic mass is 16.3. The lowest BCUT2D eigenvalue weighted by Gasteiger charge is -2.28. The first-order valence-electron chi connectivity index (χ1n) is 6.38. The minimum atomic E-state index is 0.256. The van der Waals surface area contributed by atoms with E-state index in [1.807, 2.05) is 6.08 Å². The molecule has 0 heterocycles. The monoisotopic (exact) mass is 228 g/mol. The van der Waals surface area contributed by atoms with Gasteiger partial charge in [0.05, 0.1) is 0 Å². The van der Waals surface area contributed by atoms with Gasteiger partial charge in [0.2, 0.25) is 0 Å². The van der Waals surface area contributed by atoms with E-state index < -0.39 is 0 Å². The van der Waals surface area contributed by atoms with Crippen LogP contribution in [0.4, 0.5) is 0 Å². The van der Waals surface area contributed by atoms with Crippen molar-refractivity contribution in [3.63, 3.8) is 0 Å². The van der Waals surface area contributed by atoms with Crippen LogP contribution in [0.3, 0.4) is 0 Å². The quantitative estimate of drug-likeness (QED) is 0.445. The second kappa shape index (κ2) is 8.77. The van der Waals surface area contributed by atoms with Gasteiger partial charge in [0, 0.05) is 13.2 Å². The largest absolute Gasteiger partial charge is 0.396 e. The van der Waals surface area contributed by atoms with E-state index in [0.29, 0.717) is 12.5 Å². The normalized spacial score (nSPS) is 13.8. The van der Waals surface area contributed by atoms with Crippen molar-refractivity contribution in [1.29, 1.82) is 0 Å². The Morgan fingerprint density at radius 1 is 1.19 bits per heavy atom. The number of allylic oxidation sites excluding steroid dienone is 1. The zero-order chi connectivity index (χ0) is 12.4. The van der Waals surface area contributed by atoms with Crippen LogP contribution < -0.4 is 0 Å². The molecule has 0 aromatic rings. The number of aliphatic hydroxyl groups excluding tert-OH is 2. The summed E-state index contributed by atoms with van der Waals surface area (Å²) in [5, 5.41) is 18.0. The summed E-state index contributed by atoms with van der Waals surface area (Å²) in [4.78, 5) is 0.